The molecule has 0 bridgehead atoms. The van der Waals surface area contributed by atoms with Crippen LogP contribution in [0.3, 0.4) is 0 Å². The average molecular weight is 177 g/mol. The molecule has 0 saturated carbocycles. The summed E-state index contributed by atoms with van der Waals surface area (Å²) in [6.07, 6.45) is -2.45. The highest BCUT2D eigenvalue weighted by Crippen LogP contribution is 2.18. The van der Waals surface area contributed by atoms with Crippen molar-refractivity contribution < 1.29 is 20.1 Å². The molecule has 0 aliphatic carbocycles. The fraction of sp³-hybridized carbons (Fsp3) is 1.00. The predicted molar refractivity (Wildman–Crippen MR) is 41.4 cm³/mol. The summed E-state index contributed by atoms with van der Waals surface area (Å²) in [5.41, 5.74) is 0. The summed E-state index contributed by atoms with van der Waals surface area (Å²) in [6, 6.07) is 0. The third kappa shape index (κ3) is 1.94. The first-order chi connectivity index (χ1) is 5.69. The van der Waals surface area contributed by atoms with Crippen molar-refractivity contribution in [1.82, 2.24) is 5.32 Å². The maximum absolute atomic E-state index is 9.33. The lowest BCUT2D eigenvalue weighted by atomic mass is 10.0. The van der Waals surface area contributed by atoms with E-state index in [4.69, 9.17) is 9.84 Å². The van der Waals surface area contributed by atoms with E-state index in [-0.39, 0.29) is 19.1 Å². The van der Waals surface area contributed by atoms with E-state index >= 15 is 0 Å². The molecule has 1 aliphatic heterocycles. The summed E-state index contributed by atoms with van der Waals surface area (Å²) in [4.78, 5) is 0. The van der Waals surface area contributed by atoms with Crippen LogP contribution in [0.1, 0.15) is 6.42 Å². The van der Waals surface area contributed by atoms with E-state index < -0.39 is 18.4 Å². The first kappa shape index (κ1) is 9.88. The number of ether oxygens (including phenoxy) is 1. The average Bonchev–Trinajstić information content (AvgIpc) is 2.09. The molecule has 5 nitrogen and oxygen atoms in total. The Morgan fingerprint density at radius 3 is 2.67 bits per heavy atom. The van der Waals surface area contributed by atoms with Crippen LogP contribution in [-0.4, -0.2) is 53.5 Å². The van der Waals surface area contributed by atoms with Crippen molar-refractivity contribution in [3.8, 4) is 0 Å². The summed E-state index contributed by atoms with van der Waals surface area (Å²) in [5.74, 6) is 0. The molecule has 1 rings (SSSR count). The van der Waals surface area contributed by atoms with Crippen molar-refractivity contribution >= 4 is 0 Å². The van der Waals surface area contributed by atoms with Crippen LogP contribution < -0.4 is 5.32 Å². The predicted octanol–water partition coefficient (Wildman–Crippen LogP) is -1.97. The van der Waals surface area contributed by atoms with Crippen molar-refractivity contribution in [3.63, 3.8) is 0 Å². The lowest BCUT2D eigenvalue weighted by molar-refractivity contribution is -0.184. The Morgan fingerprint density at radius 2 is 2.17 bits per heavy atom. The van der Waals surface area contributed by atoms with Crippen LogP contribution in [0.4, 0.5) is 0 Å². The standard InChI is InChI=1S/C7H15NO4/c1-8-7-6(11)5(10)2-4(3-9)12-7/h4-11H,2-3H2,1H3/t4-,5?,6?,7+/m0/s1. The zero-order chi connectivity index (χ0) is 9.14. The summed E-state index contributed by atoms with van der Waals surface area (Å²) in [7, 11) is 1.63. The molecule has 5 heteroatoms. The van der Waals surface area contributed by atoms with Gasteiger partial charge in [0.15, 0.2) is 0 Å². The SMILES string of the molecule is CN[C@@H]1O[C@H](CO)CC(O)C1O. The zero-order valence-electron chi connectivity index (χ0n) is 6.97. The molecular weight excluding hydrogens is 162 g/mol. The van der Waals surface area contributed by atoms with Crippen molar-refractivity contribution in [3.05, 3.63) is 0 Å². The van der Waals surface area contributed by atoms with Crippen LogP contribution in [0.25, 0.3) is 0 Å². The number of rotatable bonds is 2. The quantitative estimate of drug-likeness (QED) is 0.393. The van der Waals surface area contributed by atoms with Crippen molar-refractivity contribution in [2.24, 2.45) is 0 Å². The van der Waals surface area contributed by atoms with Crippen LogP contribution in [0.15, 0.2) is 0 Å². The second-order valence-corrected chi connectivity index (χ2v) is 2.94. The molecule has 0 aromatic heterocycles. The number of aliphatic hydroxyl groups is 3. The minimum Gasteiger partial charge on any atom is -0.394 e. The van der Waals surface area contributed by atoms with Gasteiger partial charge in [0.2, 0.25) is 0 Å². The second-order valence-electron chi connectivity index (χ2n) is 2.94. The topological polar surface area (TPSA) is 82.0 Å². The lowest BCUT2D eigenvalue weighted by Crippen LogP contribution is -2.54. The summed E-state index contributed by atoms with van der Waals surface area (Å²) in [6.45, 7) is -0.137. The van der Waals surface area contributed by atoms with Gasteiger partial charge in [-0.1, -0.05) is 0 Å². The van der Waals surface area contributed by atoms with Gasteiger partial charge in [-0.3, -0.25) is 5.32 Å². The molecule has 0 radical (unpaired) electrons. The van der Waals surface area contributed by atoms with Crippen LogP contribution >= 0.6 is 0 Å². The molecule has 72 valence electrons. The normalized spacial score (nSPS) is 43.0. The van der Waals surface area contributed by atoms with E-state index in [1.54, 1.807) is 7.05 Å². The molecule has 1 heterocycles. The molecule has 4 N–H and O–H groups in total. The molecular formula is C7H15NO4. The van der Waals surface area contributed by atoms with E-state index in [0.717, 1.165) is 0 Å². The number of aliphatic hydroxyl groups excluding tert-OH is 3. The summed E-state index contributed by atoms with van der Waals surface area (Å²) < 4.78 is 5.20. The Kier molecular flexibility index (Phi) is 3.42. The number of hydrogen-bond donors (Lipinski definition) is 4. The monoisotopic (exact) mass is 177 g/mol. The van der Waals surface area contributed by atoms with Gasteiger partial charge in [0.05, 0.1) is 18.8 Å². The fourth-order valence-corrected chi connectivity index (χ4v) is 1.31. The van der Waals surface area contributed by atoms with Gasteiger partial charge in [-0.05, 0) is 7.05 Å². The third-order valence-electron chi connectivity index (χ3n) is 2.04. The van der Waals surface area contributed by atoms with Crippen LogP contribution in [0.2, 0.25) is 0 Å². The van der Waals surface area contributed by atoms with E-state index in [9.17, 15) is 10.2 Å². The van der Waals surface area contributed by atoms with Gasteiger partial charge in [-0.2, -0.15) is 0 Å². The fourth-order valence-electron chi connectivity index (χ4n) is 1.31. The summed E-state index contributed by atoms with van der Waals surface area (Å²) >= 11 is 0. The lowest BCUT2D eigenvalue weighted by Gasteiger charge is -2.36. The summed E-state index contributed by atoms with van der Waals surface area (Å²) in [5, 5.41) is 30.1. The smallest absolute Gasteiger partial charge is 0.137 e. The maximum Gasteiger partial charge on any atom is 0.137 e. The number of hydrogen-bond acceptors (Lipinski definition) is 5. The van der Waals surface area contributed by atoms with Crippen LogP contribution in [0, 0.1) is 0 Å². The van der Waals surface area contributed by atoms with E-state index in [1.165, 1.54) is 0 Å². The van der Waals surface area contributed by atoms with Gasteiger partial charge in [-0.25, -0.2) is 0 Å². The highest BCUT2D eigenvalue weighted by Gasteiger charge is 2.35. The van der Waals surface area contributed by atoms with E-state index in [0.29, 0.717) is 0 Å². The maximum atomic E-state index is 9.33. The van der Waals surface area contributed by atoms with Crippen molar-refractivity contribution in [2.75, 3.05) is 13.7 Å². The molecule has 4 atom stereocenters. The molecule has 1 fully saturated rings. The van der Waals surface area contributed by atoms with Crippen molar-refractivity contribution in [1.29, 1.82) is 0 Å². The van der Waals surface area contributed by atoms with Gasteiger partial charge in [-0.15, -0.1) is 0 Å². The van der Waals surface area contributed by atoms with Gasteiger partial charge < -0.3 is 20.1 Å². The molecule has 12 heavy (non-hydrogen) atoms. The minimum absolute atomic E-state index is 0.137. The Balaban J connectivity index is 2.52. The zero-order valence-corrected chi connectivity index (χ0v) is 6.97. The molecule has 0 spiro atoms. The Morgan fingerprint density at radius 1 is 1.50 bits per heavy atom. The molecule has 1 saturated heterocycles. The van der Waals surface area contributed by atoms with Gasteiger partial charge in [0, 0.05) is 6.42 Å². The Labute approximate surface area is 71.0 Å². The van der Waals surface area contributed by atoms with Gasteiger partial charge in [0.1, 0.15) is 12.3 Å². The molecule has 0 amide bonds. The Bertz CT molecular complexity index is 143. The van der Waals surface area contributed by atoms with Crippen LogP contribution in [0.5, 0.6) is 0 Å². The molecule has 0 aromatic carbocycles. The Hall–Kier alpha value is -0.200. The molecule has 0 aromatic rings. The van der Waals surface area contributed by atoms with Gasteiger partial charge in [0.25, 0.3) is 0 Å². The van der Waals surface area contributed by atoms with E-state index in [1.807, 2.05) is 0 Å². The van der Waals surface area contributed by atoms with Crippen LogP contribution in [-0.2, 0) is 4.74 Å². The number of likely N-dealkylation sites (N-methyl/N-ethyl adjacent to an activating group) is 1. The molecule has 1 aliphatic rings. The minimum atomic E-state index is -0.919. The largest absolute Gasteiger partial charge is 0.394 e. The third-order valence-corrected chi connectivity index (χ3v) is 2.04. The van der Waals surface area contributed by atoms with Gasteiger partial charge >= 0.3 is 0 Å². The second kappa shape index (κ2) is 4.15. The highest BCUT2D eigenvalue weighted by atomic mass is 16.5. The van der Waals surface area contributed by atoms with E-state index in [2.05, 4.69) is 5.32 Å². The highest BCUT2D eigenvalue weighted by molar-refractivity contribution is 4.82. The molecule has 2 unspecified atom stereocenters. The first-order valence-electron chi connectivity index (χ1n) is 3.98. The van der Waals surface area contributed by atoms with Crippen molar-refractivity contribution in [2.45, 2.75) is 31.0 Å². The first-order valence-corrected chi connectivity index (χ1v) is 3.98. The number of nitrogens with one attached hydrogen (secondary N) is 1.